The van der Waals surface area contributed by atoms with Crippen LogP contribution in [0.4, 0.5) is 15.9 Å². The molecule has 0 aliphatic rings. The predicted octanol–water partition coefficient (Wildman–Crippen LogP) is 5.03. The van der Waals surface area contributed by atoms with Crippen LogP contribution in [-0.2, 0) is 0 Å². The average molecular weight is 336 g/mol. The third-order valence-corrected chi connectivity index (χ3v) is 3.09. The fourth-order valence-corrected chi connectivity index (χ4v) is 2.14. The molecule has 2 rings (SSSR count). The summed E-state index contributed by atoms with van der Waals surface area (Å²) >= 11 is 14.8. The lowest BCUT2D eigenvalue weighted by Gasteiger charge is -2.08. The Bertz CT molecular complexity index is 563. The number of anilines is 2. The molecule has 1 aromatic heterocycles. The van der Waals surface area contributed by atoms with E-state index in [9.17, 15) is 4.39 Å². The van der Waals surface area contributed by atoms with E-state index < -0.39 is 5.82 Å². The molecule has 0 saturated heterocycles. The molecule has 0 unspecified atom stereocenters. The van der Waals surface area contributed by atoms with Gasteiger partial charge in [0.25, 0.3) is 0 Å². The number of pyridine rings is 1. The van der Waals surface area contributed by atoms with Crippen LogP contribution < -0.4 is 5.32 Å². The van der Waals surface area contributed by atoms with Crippen LogP contribution in [-0.4, -0.2) is 4.98 Å². The highest BCUT2D eigenvalue weighted by Crippen LogP contribution is 2.27. The summed E-state index contributed by atoms with van der Waals surface area (Å²) in [5.74, 6) is 0.123. The molecule has 1 heterocycles. The second-order valence-corrected chi connectivity index (χ2v) is 4.94. The van der Waals surface area contributed by atoms with E-state index in [2.05, 4.69) is 26.2 Å². The maximum atomic E-state index is 13.0. The van der Waals surface area contributed by atoms with Gasteiger partial charge in [0.05, 0.1) is 14.5 Å². The van der Waals surface area contributed by atoms with Crippen molar-refractivity contribution in [3.8, 4) is 0 Å². The molecule has 0 aliphatic carbocycles. The lowest BCUT2D eigenvalue weighted by molar-refractivity contribution is 0.628. The molecule has 0 saturated carbocycles. The Morgan fingerprint density at radius 1 is 1.24 bits per heavy atom. The average Bonchev–Trinajstić information content (AvgIpc) is 2.27. The largest absolute Gasteiger partial charge is 0.339 e. The van der Waals surface area contributed by atoms with Crippen LogP contribution in [0.5, 0.6) is 0 Å². The predicted molar refractivity (Wildman–Crippen MR) is 71.6 cm³/mol. The van der Waals surface area contributed by atoms with Crippen molar-refractivity contribution in [2.24, 2.45) is 0 Å². The van der Waals surface area contributed by atoms with Gasteiger partial charge in [-0.3, -0.25) is 0 Å². The standard InChI is InChI=1S/C11H6BrCl2FN2/c12-8-3-6(13)5-16-11(8)17-7-1-2-10(15)9(14)4-7/h1-5H,(H,16,17). The van der Waals surface area contributed by atoms with E-state index in [-0.39, 0.29) is 5.02 Å². The first-order valence-corrected chi connectivity index (χ1v) is 6.14. The SMILES string of the molecule is Fc1ccc(Nc2ncc(Cl)cc2Br)cc1Cl. The molecule has 0 fully saturated rings. The van der Waals surface area contributed by atoms with Gasteiger partial charge in [-0.25, -0.2) is 9.37 Å². The molecular weight excluding hydrogens is 330 g/mol. The smallest absolute Gasteiger partial charge is 0.144 e. The van der Waals surface area contributed by atoms with Crippen molar-refractivity contribution in [2.45, 2.75) is 0 Å². The van der Waals surface area contributed by atoms with Gasteiger partial charge < -0.3 is 5.32 Å². The van der Waals surface area contributed by atoms with Crippen molar-refractivity contribution in [1.82, 2.24) is 4.98 Å². The molecule has 6 heteroatoms. The Labute approximate surface area is 116 Å². The molecule has 0 radical (unpaired) electrons. The normalized spacial score (nSPS) is 10.4. The molecule has 1 aromatic carbocycles. The van der Waals surface area contributed by atoms with Gasteiger partial charge in [-0.2, -0.15) is 0 Å². The molecule has 0 atom stereocenters. The summed E-state index contributed by atoms with van der Waals surface area (Å²) in [7, 11) is 0. The van der Waals surface area contributed by atoms with Gasteiger partial charge in [-0.05, 0) is 40.2 Å². The number of benzene rings is 1. The van der Waals surface area contributed by atoms with Crippen LogP contribution in [0.1, 0.15) is 0 Å². The highest BCUT2D eigenvalue weighted by Gasteiger charge is 2.05. The lowest BCUT2D eigenvalue weighted by atomic mass is 10.3. The second-order valence-electron chi connectivity index (χ2n) is 3.24. The first-order chi connectivity index (χ1) is 8.06. The molecule has 88 valence electrons. The molecule has 0 amide bonds. The van der Waals surface area contributed by atoms with Gasteiger partial charge in [-0.15, -0.1) is 0 Å². The zero-order valence-corrected chi connectivity index (χ0v) is 11.4. The molecular formula is C11H6BrCl2FN2. The van der Waals surface area contributed by atoms with Crippen LogP contribution in [0, 0.1) is 5.82 Å². The Balaban J connectivity index is 2.28. The highest BCUT2D eigenvalue weighted by atomic mass is 79.9. The van der Waals surface area contributed by atoms with Gasteiger partial charge in [0.15, 0.2) is 0 Å². The van der Waals surface area contributed by atoms with Gasteiger partial charge in [-0.1, -0.05) is 23.2 Å². The van der Waals surface area contributed by atoms with Crippen molar-refractivity contribution >= 4 is 50.6 Å². The molecule has 17 heavy (non-hydrogen) atoms. The minimum absolute atomic E-state index is 0.0556. The molecule has 2 aromatic rings. The van der Waals surface area contributed by atoms with Crippen LogP contribution in [0.25, 0.3) is 0 Å². The lowest BCUT2D eigenvalue weighted by Crippen LogP contribution is -1.95. The third kappa shape index (κ3) is 3.09. The van der Waals surface area contributed by atoms with E-state index in [1.54, 1.807) is 12.1 Å². The van der Waals surface area contributed by atoms with Crippen molar-refractivity contribution in [1.29, 1.82) is 0 Å². The van der Waals surface area contributed by atoms with Crippen LogP contribution in [0.15, 0.2) is 34.9 Å². The van der Waals surface area contributed by atoms with Crippen LogP contribution in [0.3, 0.4) is 0 Å². The fraction of sp³-hybridized carbons (Fsp3) is 0. The van der Waals surface area contributed by atoms with E-state index in [1.807, 2.05) is 0 Å². The summed E-state index contributed by atoms with van der Waals surface area (Å²) in [6, 6.07) is 6.06. The van der Waals surface area contributed by atoms with Gasteiger partial charge in [0.1, 0.15) is 11.6 Å². The highest BCUT2D eigenvalue weighted by molar-refractivity contribution is 9.10. The summed E-state index contributed by atoms with van der Waals surface area (Å²) in [4.78, 5) is 4.10. The fourth-order valence-electron chi connectivity index (χ4n) is 1.22. The summed E-state index contributed by atoms with van der Waals surface area (Å²) in [5.41, 5.74) is 0.645. The van der Waals surface area contributed by atoms with Gasteiger partial charge in [0, 0.05) is 11.9 Å². The van der Waals surface area contributed by atoms with E-state index in [0.29, 0.717) is 21.0 Å². The molecule has 2 nitrogen and oxygen atoms in total. The summed E-state index contributed by atoms with van der Waals surface area (Å²) in [5, 5.41) is 3.58. The summed E-state index contributed by atoms with van der Waals surface area (Å²) in [6.07, 6.45) is 1.51. The number of nitrogens with one attached hydrogen (secondary N) is 1. The number of nitrogens with zero attached hydrogens (tertiary/aromatic N) is 1. The van der Waals surface area contributed by atoms with Gasteiger partial charge in [0.2, 0.25) is 0 Å². The second kappa shape index (κ2) is 5.21. The van der Waals surface area contributed by atoms with E-state index in [1.165, 1.54) is 18.3 Å². The number of rotatable bonds is 2. The number of aromatic nitrogens is 1. The van der Waals surface area contributed by atoms with Crippen molar-refractivity contribution < 1.29 is 4.39 Å². The zero-order chi connectivity index (χ0) is 12.4. The first kappa shape index (κ1) is 12.6. The first-order valence-electron chi connectivity index (χ1n) is 4.59. The number of halogens is 4. The molecule has 0 bridgehead atoms. The monoisotopic (exact) mass is 334 g/mol. The Kier molecular flexibility index (Phi) is 3.86. The Hall–Kier alpha value is -0.840. The molecule has 0 aliphatic heterocycles. The summed E-state index contributed by atoms with van der Waals surface area (Å²) in [6.45, 7) is 0. The minimum atomic E-state index is -0.458. The van der Waals surface area contributed by atoms with E-state index in [0.717, 1.165) is 0 Å². The van der Waals surface area contributed by atoms with E-state index in [4.69, 9.17) is 23.2 Å². The number of hydrogen-bond acceptors (Lipinski definition) is 2. The minimum Gasteiger partial charge on any atom is -0.339 e. The van der Waals surface area contributed by atoms with Gasteiger partial charge >= 0.3 is 0 Å². The zero-order valence-electron chi connectivity index (χ0n) is 8.35. The third-order valence-electron chi connectivity index (χ3n) is 1.99. The molecule has 0 spiro atoms. The van der Waals surface area contributed by atoms with Crippen molar-refractivity contribution in [2.75, 3.05) is 5.32 Å². The Morgan fingerprint density at radius 2 is 2.00 bits per heavy atom. The summed E-state index contributed by atoms with van der Waals surface area (Å²) < 4.78 is 13.7. The van der Waals surface area contributed by atoms with Crippen LogP contribution >= 0.6 is 39.1 Å². The quantitative estimate of drug-likeness (QED) is 0.832. The topological polar surface area (TPSA) is 24.9 Å². The Morgan fingerprint density at radius 3 is 2.65 bits per heavy atom. The van der Waals surface area contributed by atoms with Crippen molar-refractivity contribution in [3.63, 3.8) is 0 Å². The molecule has 1 N–H and O–H groups in total. The van der Waals surface area contributed by atoms with Crippen LogP contribution in [0.2, 0.25) is 10.0 Å². The van der Waals surface area contributed by atoms with E-state index >= 15 is 0 Å². The maximum Gasteiger partial charge on any atom is 0.144 e. The maximum absolute atomic E-state index is 13.0. The number of hydrogen-bond donors (Lipinski definition) is 1. The van der Waals surface area contributed by atoms with Crippen molar-refractivity contribution in [3.05, 3.63) is 50.8 Å².